The average molecular weight is 288 g/mol. The summed E-state index contributed by atoms with van der Waals surface area (Å²) in [5, 5.41) is 4.08. The minimum Gasteiger partial charge on any atom is -0.497 e. The Hall–Kier alpha value is -1.97. The maximum Gasteiger partial charge on any atom is 0.216 e. The van der Waals surface area contributed by atoms with Crippen molar-refractivity contribution in [3.63, 3.8) is 0 Å². The highest BCUT2D eigenvalue weighted by Crippen LogP contribution is 2.28. The van der Waals surface area contributed by atoms with Crippen molar-refractivity contribution in [2.75, 3.05) is 13.7 Å². The molecule has 0 radical (unpaired) electrons. The number of aromatic nitrogens is 1. The van der Waals surface area contributed by atoms with Gasteiger partial charge in [0.2, 0.25) is 5.91 Å². The van der Waals surface area contributed by atoms with Gasteiger partial charge in [-0.05, 0) is 43.0 Å². The summed E-state index contributed by atoms with van der Waals surface area (Å²) in [7, 11) is 1.68. The monoisotopic (exact) mass is 288 g/mol. The highest BCUT2D eigenvalue weighted by molar-refractivity contribution is 5.86. The van der Waals surface area contributed by atoms with Gasteiger partial charge in [0, 0.05) is 30.1 Å². The van der Waals surface area contributed by atoms with Gasteiger partial charge in [0.15, 0.2) is 0 Å². The minimum atomic E-state index is 0.0162. The van der Waals surface area contributed by atoms with Gasteiger partial charge in [0.05, 0.1) is 7.11 Å². The van der Waals surface area contributed by atoms with E-state index >= 15 is 0 Å². The number of hydrogen-bond donors (Lipinski definition) is 2. The predicted octanol–water partition coefficient (Wildman–Crippen LogP) is 3.20. The number of amides is 1. The molecule has 0 saturated carbocycles. The van der Waals surface area contributed by atoms with Gasteiger partial charge in [-0.3, -0.25) is 4.79 Å². The third kappa shape index (κ3) is 3.78. The fraction of sp³-hybridized carbons (Fsp3) is 0.471. The average Bonchev–Trinajstić information content (AvgIpc) is 2.82. The Morgan fingerprint density at radius 3 is 2.81 bits per heavy atom. The lowest BCUT2D eigenvalue weighted by Gasteiger charge is -2.06. The summed E-state index contributed by atoms with van der Waals surface area (Å²) in [6, 6.07) is 6.11. The number of aromatic amines is 1. The van der Waals surface area contributed by atoms with Crippen molar-refractivity contribution in [1.82, 2.24) is 10.3 Å². The fourth-order valence-electron chi connectivity index (χ4n) is 2.63. The number of hydrogen-bond acceptors (Lipinski definition) is 2. The molecule has 0 saturated heterocycles. The number of H-pyrrole nitrogens is 1. The summed E-state index contributed by atoms with van der Waals surface area (Å²) in [6.45, 7) is 4.41. The van der Waals surface area contributed by atoms with E-state index in [1.165, 1.54) is 23.1 Å². The Balaban J connectivity index is 2.32. The smallest absolute Gasteiger partial charge is 0.216 e. The Morgan fingerprint density at radius 2 is 2.14 bits per heavy atom. The number of ether oxygens (including phenoxy) is 1. The molecule has 114 valence electrons. The van der Waals surface area contributed by atoms with E-state index in [9.17, 15) is 4.79 Å². The normalized spacial score (nSPS) is 10.8. The second kappa shape index (κ2) is 7.16. The second-order valence-corrected chi connectivity index (χ2v) is 5.33. The van der Waals surface area contributed by atoms with E-state index in [4.69, 9.17) is 4.74 Å². The van der Waals surface area contributed by atoms with E-state index in [1.807, 2.05) is 6.07 Å². The molecular weight excluding hydrogens is 264 g/mol. The molecule has 1 heterocycles. The largest absolute Gasteiger partial charge is 0.497 e. The van der Waals surface area contributed by atoms with Crippen molar-refractivity contribution >= 4 is 16.8 Å². The van der Waals surface area contributed by atoms with Crippen molar-refractivity contribution in [3.8, 4) is 5.75 Å². The summed E-state index contributed by atoms with van der Waals surface area (Å²) >= 11 is 0. The second-order valence-electron chi connectivity index (χ2n) is 5.33. The van der Waals surface area contributed by atoms with Gasteiger partial charge in [0.1, 0.15) is 5.75 Å². The third-order valence-corrected chi connectivity index (χ3v) is 3.73. The molecule has 2 rings (SSSR count). The van der Waals surface area contributed by atoms with Gasteiger partial charge in [-0.2, -0.15) is 0 Å². The molecular formula is C17H24N2O2. The standard InChI is InChI=1S/C17H24N2O2/c1-4-5-6-16-14(9-10-18-12(2)20)15-11-13(21-3)7-8-17(15)19-16/h7-8,11,19H,4-6,9-10H2,1-3H3,(H,18,20). The molecule has 0 spiro atoms. The van der Waals surface area contributed by atoms with Gasteiger partial charge in [-0.25, -0.2) is 0 Å². The van der Waals surface area contributed by atoms with E-state index in [0.29, 0.717) is 6.54 Å². The lowest BCUT2D eigenvalue weighted by Crippen LogP contribution is -2.22. The number of methoxy groups -OCH3 is 1. The molecule has 1 amide bonds. The lowest BCUT2D eigenvalue weighted by atomic mass is 10.0. The molecule has 0 unspecified atom stereocenters. The molecule has 4 nitrogen and oxygen atoms in total. The number of benzene rings is 1. The minimum absolute atomic E-state index is 0.0162. The van der Waals surface area contributed by atoms with Crippen LogP contribution in [-0.4, -0.2) is 24.5 Å². The van der Waals surface area contributed by atoms with Crippen LogP contribution in [0.1, 0.15) is 37.9 Å². The summed E-state index contributed by atoms with van der Waals surface area (Å²) in [5.74, 6) is 0.881. The topological polar surface area (TPSA) is 54.1 Å². The van der Waals surface area contributed by atoms with E-state index in [0.717, 1.165) is 30.5 Å². The van der Waals surface area contributed by atoms with Crippen LogP contribution in [0.2, 0.25) is 0 Å². The molecule has 2 N–H and O–H groups in total. The van der Waals surface area contributed by atoms with Gasteiger partial charge >= 0.3 is 0 Å². The van der Waals surface area contributed by atoms with Crippen molar-refractivity contribution < 1.29 is 9.53 Å². The molecule has 2 aromatic rings. The van der Waals surface area contributed by atoms with Gasteiger partial charge in [0.25, 0.3) is 0 Å². The molecule has 0 atom stereocenters. The molecule has 0 aliphatic rings. The molecule has 0 fully saturated rings. The lowest BCUT2D eigenvalue weighted by molar-refractivity contribution is -0.118. The van der Waals surface area contributed by atoms with E-state index < -0.39 is 0 Å². The van der Waals surface area contributed by atoms with Crippen molar-refractivity contribution in [3.05, 3.63) is 29.5 Å². The van der Waals surface area contributed by atoms with Gasteiger partial charge in [-0.1, -0.05) is 13.3 Å². The molecule has 0 aliphatic carbocycles. The number of carbonyl (C=O) groups excluding carboxylic acids is 1. The number of aryl methyl sites for hydroxylation is 1. The summed E-state index contributed by atoms with van der Waals surface area (Å²) < 4.78 is 5.33. The van der Waals surface area contributed by atoms with Crippen molar-refractivity contribution in [1.29, 1.82) is 0 Å². The van der Waals surface area contributed by atoms with E-state index in [-0.39, 0.29) is 5.91 Å². The molecule has 0 aliphatic heterocycles. The van der Waals surface area contributed by atoms with Crippen LogP contribution in [0.15, 0.2) is 18.2 Å². The van der Waals surface area contributed by atoms with Crippen LogP contribution in [0.3, 0.4) is 0 Å². The van der Waals surface area contributed by atoms with Crippen LogP contribution in [-0.2, 0) is 17.6 Å². The van der Waals surface area contributed by atoms with Crippen molar-refractivity contribution in [2.24, 2.45) is 0 Å². The van der Waals surface area contributed by atoms with Crippen molar-refractivity contribution in [2.45, 2.75) is 39.5 Å². The zero-order chi connectivity index (χ0) is 15.2. The first-order chi connectivity index (χ1) is 10.2. The summed E-state index contributed by atoms with van der Waals surface area (Å²) in [4.78, 5) is 14.6. The molecule has 1 aromatic carbocycles. The zero-order valence-electron chi connectivity index (χ0n) is 13.1. The first-order valence-corrected chi connectivity index (χ1v) is 7.57. The van der Waals surface area contributed by atoms with Crippen LogP contribution in [0.4, 0.5) is 0 Å². The predicted molar refractivity (Wildman–Crippen MR) is 85.9 cm³/mol. The Bertz CT molecular complexity index is 617. The first kappa shape index (κ1) is 15.4. The zero-order valence-corrected chi connectivity index (χ0v) is 13.1. The van der Waals surface area contributed by atoms with Crippen LogP contribution >= 0.6 is 0 Å². The molecule has 0 bridgehead atoms. The Morgan fingerprint density at radius 1 is 1.33 bits per heavy atom. The molecule has 1 aromatic heterocycles. The molecule has 21 heavy (non-hydrogen) atoms. The maximum atomic E-state index is 11.1. The maximum absolute atomic E-state index is 11.1. The van der Waals surface area contributed by atoms with Crippen LogP contribution in [0.25, 0.3) is 10.9 Å². The number of fused-ring (bicyclic) bond motifs is 1. The van der Waals surface area contributed by atoms with Gasteiger partial charge < -0.3 is 15.0 Å². The highest BCUT2D eigenvalue weighted by atomic mass is 16.5. The Labute approximate surface area is 125 Å². The Kier molecular flexibility index (Phi) is 5.26. The highest BCUT2D eigenvalue weighted by Gasteiger charge is 2.12. The van der Waals surface area contributed by atoms with E-state index in [1.54, 1.807) is 14.0 Å². The van der Waals surface area contributed by atoms with Crippen LogP contribution in [0, 0.1) is 0 Å². The van der Waals surface area contributed by atoms with Crippen LogP contribution in [0.5, 0.6) is 5.75 Å². The third-order valence-electron chi connectivity index (χ3n) is 3.73. The number of nitrogens with one attached hydrogen (secondary N) is 2. The number of carbonyl (C=O) groups is 1. The van der Waals surface area contributed by atoms with E-state index in [2.05, 4.69) is 29.4 Å². The molecule has 4 heteroatoms. The SMILES string of the molecule is CCCCc1[nH]c2ccc(OC)cc2c1CCNC(C)=O. The van der Waals surface area contributed by atoms with Gasteiger partial charge in [-0.15, -0.1) is 0 Å². The summed E-state index contributed by atoms with van der Waals surface area (Å²) in [6.07, 6.45) is 4.22. The summed E-state index contributed by atoms with van der Waals surface area (Å²) in [5.41, 5.74) is 3.72. The van der Waals surface area contributed by atoms with Crippen LogP contribution < -0.4 is 10.1 Å². The quantitative estimate of drug-likeness (QED) is 0.822. The number of unbranched alkanes of at least 4 members (excludes halogenated alkanes) is 1. The fourth-order valence-corrected chi connectivity index (χ4v) is 2.63. The number of rotatable bonds is 7. The first-order valence-electron chi connectivity index (χ1n) is 7.57.